The van der Waals surface area contributed by atoms with Gasteiger partial charge in [0.05, 0.1) is 17.3 Å². The Morgan fingerprint density at radius 2 is 1.88 bits per heavy atom. The molecule has 1 fully saturated rings. The maximum absolute atomic E-state index is 12.9. The number of piperazine rings is 1. The second-order valence-corrected chi connectivity index (χ2v) is 6.26. The van der Waals surface area contributed by atoms with Crippen LogP contribution in [0, 0.1) is 6.92 Å². The van der Waals surface area contributed by atoms with Gasteiger partial charge in [-0.05, 0) is 30.7 Å². The number of carbonyl (C=O) groups excluding carboxylic acids is 1. The molecule has 1 amide bonds. The highest BCUT2D eigenvalue weighted by Gasteiger charge is 2.23. The summed E-state index contributed by atoms with van der Waals surface area (Å²) in [5.41, 5.74) is 4.02. The minimum absolute atomic E-state index is 0.0775. The van der Waals surface area contributed by atoms with Crippen LogP contribution in [0.5, 0.6) is 0 Å². The molecule has 1 saturated heterocycles. The lowest BCUT2D eigenvalue weighted by Crippen LogP contribution is -2.48. The molecule has 0 atom stereocenters. The summed E-state index contributed by atoms with van der Waals surface area (Å²) in [5.74, 6) is 0.0775. The van der Waals surface area contributed by atoms with Crippen LogP contribution in [0.2, 0.25) is 0 Å². The fraction of sp³-hybridized carbons (Fsp3) is 0.263. The van der Waals surface area contributed by atoms with Crippen molar-refractivity contribution in [3.63, 3.8) is 0 Å². The number of H-pyrrole nitrogens is 1. The van der Waals surface area contributed by atoms with E-state index >= 15 is 0 Å². The highest BCUT2D eigenvalue weighted by molar-refractivity contribution is 6.05. The van der Waals surface area contributed by atoms with Gasteiger partial charge in [-0.1, -0.05) is 24.3 Å². The molecule has 0 saturated carbocycles. The second-order valence-electron chi connectivity index (χ2n) is 6.26. The number of hydrogen-bond acceptors (Lipinski definition) is 3. The van der Waals surface area contributed by atoms with Crippen LogP contribution in [0.4, 0.5) is 5.69 Å². The Morgan fingerprint density at radius 3 is 2.67 bits per heavy atom. The molecular weight excluding hydrogens is 300 g/mol. The van der Waals surface area contributed by atoms with Crippen molar-refractivity contribution < 1.29 is 4.79 Å². The lowest BCUT2D eigenvalue weighted by molar-refractivity contribution is 0.0748. The number of fused-ring (bicyclic) bond motifs is 1. The van der Waals surface area contributed by atoms with Crippen LogP contribution < -0.4 is 4.90 Å². The summed E-state index contributed by atoms with van der Waals surface area (Å²) in [6, 6.07) is 14.3. The molecule has 1 aromatic heterocycles. The van der Waals surface area contributed by atoms with Crippen molar-refractivity contribution in [2.24, 2.45) is 0 Å². The van der Waals surface area contributed by atoms with Crippen molar-refractivity contribution in [2.45, 2.75) is 6.92 Å². The molecule has 5 nitrogen and oxygen atoms in total. The molecule has 1 aliphatic rings. The van der Waals surface area contributed by atoms with E-state index in [1.165, 1.54) is 11.3 Å². The van der Waals surface area contributed by atoms with E-state index in [4.69, 9.17) is 0 Å². The molecule has 0 spiro atoms. The van der Waals surface area contributed by atoms with E-state index < -0.39 is 0 Å². The Bertz CT molecular complexity index is 878. The van der Waals surface area contributed by atoms with Crippen LogP contribution >= 0.6 is 0 Å². The third-order valence-electron chi connectivity index (χ3n) is 4.64. The van der Waals surface area contributed by atoms with Crippen LogP contribution in [0.25, 0.3) is 10.9 Å². The highest BCUT2D eigenvalue weighted by atomic mass is 16.2. The average molecular weight is 320 g/mol. The first-order chi connectivity index (χ1) is 11.7. The topological polar surface area (TPSA) is 52.2 Å². The van der Waals surface area contributed by atoms with E-state index in [0.29, 0.717) is 5.56 Å². The van der Waals surface area contributed by atoms with Crippen LogP contribution in [0.1, 0.15) is 15.9 Å². The van der Waals surface area contributed by atoms with E-state index in [1.807, 2.05) is 23.1 Å². The molecule has 122 valence electrons. The number of rotatable bonds is 2. The van der Waals surface area contributed by atoms with Crippen molar-refractivity contribution in [3.05, 3.63) is 59.8 Å². The molecule has 1 N–H and O–H groups in total. The molecule has 0 bridgehead atoms. The van der Waals surface area contributed by atoms with Gasteiger partial charge in [-0.3, -0.25) is 9.89 Å². The maximum Gasteiger partial charge on any atom is 0.256 e. The number of aromatic amines is 1. The molecule has 2 aromatic carbocycles. The number of anilines is 1. The van der Waals surface area contributed by atoms with E-state index in [2.05, 4.69) is 46.3 Å². The molecule has 0 aliphatic carbocycles. The number of aryl methyl sites for hydroxylation is 1. The summed E-state index contributed by atoms with van der Waals surface area (Å²) in [5, 5.41) is 7.96. The third-order valence-corrected chi connectivity index (χ3v) is 4.64. The normalized spacial score (nSPS) is 15.0. The first kappa shape index (κ1) is 14.8. The van der Waals surface area contributed by atoms with E-state index in [-0.39, 0.29) is 5.91 Å². The summed E-state index contributed by atoms with van der Waals surface area (Å²) in [6.45, 7) is 5.28. The van der Waals surface area contributed by atoms with E-state index in [1.54, 1.807) is 6.20 Å². The molecule has 3 aromatic rings. The highest BCUT2D eigenvalue weighted by Crippen LogP contribution is 2.21. The Morgan fingerprint density at radius 1 is 1.08 bits per heavy atom. The van der Waals surface area contributed by atoms with Gasteiger partial charge in [0.25, 0.3) is 5.91 Å². The van der Waals surface area contributed by atoms with Crippen molar-refractivity contribution >= 4 is 22.5 Å². The fourth-order valence-corrected chi connectivity index (χ4v) is 3.31. The smallest absolute Gasteiger partial charge is 0.256 e. The molecule has 4 rings (SSSR count). The number of para-hydroxylation sites is 1. The molecule has 0 unspecified atom stereocenters. The van der Waals surface area contributed by atoms with Crippen LogP contribution in [-0.4, -0.2) is 47.2 Å². The van der Waals surface area contributed by atoms with Gasteiger partial charge in [-0.15, -0.1) is 0 Å². The average Bonchev–Trinajstić information content (AvgIpc) is 3.10. The zero-order chi connectivity index (χ0) is 16.5. The Hall–Kier alpha value is -2.82. The fourth-order valence-electron chi connectivity index (χ4n) is 3.31. The number of carbonyl (C=O) groups is 1. The van der Waals surface area contributed by atoms with Gasteiger partial charge in [-0.2, -0.15) is 5.10 Å². The number of nitrogens with zero attached hydrogens (tertiary/aromatic N) is 3. The largest absolute Gasteiger partial charge is 0.368 e. The Kier molecular flexibility index (Phi) is 3.69. The standard InChI is InChI=1S/C19H20N4O/c1-14-4-2-6-16(12-14)22-8-10-23(11-9-22)19(24)17-7-3-5-15-13-20-21-18(15)17/h2-7,12-13H,8-11H2,1H3,(H,20,21). The predicted molar refractivity (Wildman–Crippen MR) is 95.4 cm³/mol. The summed E-state index contributed by atoms with van der Waals surface area (Å²) in [7, 11) is 0. The summed E-state index contributed by atoms with van der Waals surface area (Å²) in [4.78, 5) is 17.1. The van der Waals surface area contributed by atoms with Gasteiger partial charge in [-0.25, -0.2) is 0 Å². The Balaban J connectivity index is 1.49. The number of amides is 1. The molecule has 2 heterocycles. The lowest BCUT2D eigenvalue weighted by atomic mass is 10.1. The summed E-state index contributed by atoms with van der Waals surface area (Å²) >= 11 is 0. The van der Waals surface area contributed by atoms with Gasteiger partial charge >= 0.3 is 0 Å². The minimum Gasteiger partial charge on any atom is -0.368 e. The zero-order valence-electron chi connectivity index (χ0n) is 13.7. The molecular formula is C19H20N4O. The maximum atomic E-state index is 12.9. The quantitative estimate of drug-likeness (QED) is 0.790. The van der Waals surface area contributed by atoms with Crippen molar-refractivity contribution in [2.75, 3.05) is 31.1 Å². The molecule has 0 radical (unpaired) electrons. The minimum atomic E-state index is 0.0775. The van der Waals surface area contributed by atoms with Crippen LogP contribution in [-0.2, 0) is 0 Å². The van der Waals surface area contributed by atoms with Crippen LogP contribution in [0.15, 0.2) is 48.7 Å². The second kappa shape index (κ2) is 6.00. The van der Waals surface area contributed by atoms with Crippen molar-refractivity contribution in [1.82, 2.24) is 15.1 Å². The number of hydrogen-bond donors (Lipinski definition) is 1. The van der Waals surface area contributed by atoms with Gasteiger partial charge in [0.1, 0.15) is 0 Å². The predicted octanol–water partition coefficient (Wildman–Crippen LogP) is 2.83. The zero-order valence-corrected chi connectivity index (χ0v) is 13.7. The lowest BCUT2D eigenvalue weighted by Gasteiger charge is -2.36. The van der Waals surface area contributed by atoms with Gasteiger partial charge in [0.2, 0.25) is 0 Å². The van der Waals surface area contributed by atoms with Crippen LogP contribution in [0.3, 0.4) is 0 Å². The molecule has 1 aliphatic heterocycles. The van der Waals surface area contributed by atoms with Gasteiger partial charge < -0.3 is 9.80 Å². The Labute approximate surface area is 140 Å². The monoisotopic (exact) mass is 320 g/mol. The summed E-state index contributed by atoms with van der Waals surface area (Å²) < 4.78 is 0. The van der Waals surface area contributed by atoms with E-state index in [9.17, 15) is 4.79 Å². The third kappa shape index (κ3) is 2.62. The number of aromatic nitrogens is 2. The SMILES string of the molecule is Cc1cccc(N2CCN(C(=O)c3cccc4cn[nH]c34)CC2)c1. The van der Waals surface area contributed by atoms with Crippen molar-refractivity contribution in [1.29, 1.82) is 0 Å². The molecule has 5 heteroatoms. The van der Waals surface area contributed by atoms with E-state index in [0.717, 1.165) is 37.1 Å². The van der Waals surface area contributed by atoms with Gasteiger partial charge in [0, 0.05) is 37.3 Å². The van der Waals surface area contributed by atoms with Crippen molar-refractivity contribution in [3.8, 4) is 0 Å². The summed E-state index contributed by atoms with van der Waals surface area (Å²) in [6.07, 6.45) is 1.75. The first-order valence-corrected chi connectivity index (χ1v) is 8.25. The van der Waals surface area contributed by atoms with Gasteiger partial charge in [0.15, 0.2) is 0 Å². The first-order valence-electron chi connectivity index (χ1n) is 8.25. The molecule has 24 heavy (non-hydrogen) atoms. The number of nitrogens with one attached hydrogen (secondary N) is 1. The number of benzene rings is 2.